The van der Waals surface area contributed by atoms with Gasteiger partial charge in [0.1, 0.15) is 5.75 Å². The standard InChI is InChI=1S/C11H15NO/c1-12-8-4-5-9-10(12)6-3-7-11(9)13-2/h3,6-7H,4-5,8H2,1-2H3. The smallest absolute Gasteiger partial charge is 0.124 e. The molecule has 0 saturated heterocycles. The zero-order chi connectivity index (χ0) is 9.26. The molecule has 0 aliphatic carbocycles. The number of fused-ring (bicyclic) bond motifs is 1. The molecule has 0 spiro atoms. The summed E-state index contributed by atoms with van der Waals surface area (Å²) in [6, 6.07) is 6.26. The van der Waals surface area contributed by atoms with Crippen molar-refractivity contribution in [3.63, 3.8) is 0 Å². The van der Waals surface area contributed by atoms with E-state index >= 15 is 0 Å². The molecule has 1 aliphatic rings. The molecule has 2 heteroatoms. The fourth-order valence-electron chi connectivity index (χ4n) is 1.97. The predicted octanol–water partition coefficient (Wildman–Crippen LogP) is 2.08. The van der Waals surface area contributed by atoms with E-state index in [9.17, 15) is 0 Å². The van der Waals surface area contributed by atoms with E-state index in [0.29, 0.717) is 0 Å². The maximum Gasteiger partial charge on any atom is 0.124 e. The van der Waals surface area contributed by atoms with E-state index in [0.717, 1.165) is 18.7 Å². The summed E-state index contributed by atoms with van der Waals surface area (Å²) in [4.78, 5) is 2.29. The minimum atomic E-state index is 1.03. The summed E-state index contributed by atoms with van der Waals surface area (Å²) in [6.07, 6.45) is 2.37. The number of hydrogen-bond donors (Lipinski definition) is 0. The lowest BCUT2D eigenvalue weighted by molar-refractivity contribution is 0.408. The monoisotopic (exact) mass is 177 g/mol. The van der Waals surface area contributed by atoms with E-state index in [-0.39, 0.29) is 0 Å². The van der Waals surface area contributed by atoms with Crippen LogP contribution in [0.3, 0.4) is 0 Å². The molecule has 0 amide bonds. The number of methoxy groups -OCH3 is 1. The minimum Gasteiger partial charge on any atom is -0.496 e. The third kappa shape index (κ3) is 1.37. The summed E-state index contributed by atoms with van der Waals surface area (Å²) >= 11 is 0. The Morgan fingerprint density at radius 3 is 3.00 bits per heavy atom. The maximum atomic E-state index is 5.33. The molecule has 2 rings (SSSR count). The van der Waals surface area contributed by atoms with Crippen molar-refractivity contribution in [3.05, 3.63) is 23.8 Å². The second-order valence-electron chi connectivity index (χ2n) is 3.48. The Balaban J connectivity index is 2.48. The molecule has 70 valence electrons. The average Bonchev–Trinajstić information content (AvgIpc) is 2.18. The second-order valence-corrected chi connectivity index (χ2v) is 3.48. The Bertz CT molecular complexity index is 309. The van der Waals surface area contributed by atoms with Crippen LogP contribution in [0, 0.1) is 0 Å². The molecule has 0 unspecified atom stereocenters. The second kappa shape index (κ2) is 3.29. The predicted molar refractivity (Wildman–Crippen MR) is 54.6 cm³/mol. The lowest BCUT2D eigenvalue weighted by Crippen LogP contribution is -2.24. The molecule has 1 aromatic rings. The normalized spacial score (nSPS) is 15.4. The average molecular weight is 177 g/mol. The van der Waals surface area contributed by atoms with Gasteiger partial charge in [-0.25, -0.2) is 0 Å². The summed E-state index contributed by atoms with van der Waals surface area (Å²) in [5.74, 6) is 1.03. The van der Waals surface area contributed by atoms with Crippen molar-refractivity contribution in [2.45, 2.75) is 12.8 Å². The van der Waals surface area contributed by atoms with Crippen LogP contribution < -0.4 is 9.64 Å². The highest BCUT2D eigenvalue weighted by molar-refractivity contribution is 5.60. The summed E-state index contributed by atoms with van der Waals surface area (Å²) in [6.45, 7) is 1.15. The van der Waals surface area contributed by atoms with E-state index in [4.69, 9.17) is 4.74 Å². The molecule has 0 fully saturated rings. The molecule has 2 nitrogen and oxygen atoms in total. The van der Waals surface area contributed by atoms with Gasteiger partial charge in [0, 0.05) is 24.8 Å². The summed E-state index contributed by atoms with van der Waals surface area (Å²) in [7, 11) is 3.88. The quantitative estimate of drug-likeness (QED) is 0.651. The number of benzene rings is 1. The number of nitrogens with zero attached hydrogens (tertiary/aromatic N) is 1. The Labute approximate surface area is 79.1 Å². The highest BCUT2D eigenvalue weighted by Crippen LogP contribution is 2.32. The Morgan fingerprint density at radius 2 is 2.23 bits per heavy atom. The van der Waals surface area contributed by atoms with Gasteiger partial charge >= 0.3 is 0 Å². The number of rotatable bonds is 1. The minimum absolute atomic E-state index is 1.03. The van der Waals surface area contributed by atoms with Gasteiger partial charge in [-0.15, -0.1) is 0 Å². The molecule has 0 saturated carbocycles. The van der Waals surface area contributed by atoms with Gasteiger partial charge in [0.15, 0.2) is 0 Å². The largest absolute Gasteiger partial charge is 0.496 e. The van der Waals surface area contributed by atoms with Gasteiger partial charge in [0.2, 0.25) is 0 Å². The lowest BCUT2D eigenvalue weighted by atomic mass is 10.0. The molecule has 1 aromatic carbocycles. The highest BCUT2D eigenvalue weighted by Gasteiger charge is 2.16. The Hall–Kier alpha value is -1.18. The summed E-state index contributed by atoms with van der Waals surface area (Å²) in [5, 5.41) is 0. The fraction of sp³-hybridized carbons (Fsp3) is 0.455. The first-order valence-electron chi connectivity index (χ1n) is 4.70. The molecule has 13 heavy (non-hydrogen) atoms. The van der Waals surface area contributed by atoms with Crippen LogP contribution in [0.1, 0.15) is 12.0 Å². The topological polar surface area (TPSA) is 12.5 Å². The molecule has 0 bridgehead atoms. The van der Waals surface area contributed by atoms with Gasteiger partial charge in [-0.2, -0.15) is 0 Å². The fourth-order valence-corrected chi connectivity index (χ4v) is 1.97. The zero-order valence-electron chi connectivity index (χ0n) is 8.21. The molecule has 1 heterocycles. The molecular formula is C11H15NO. The van der Waals surface area contributed by atoms with Crippen LogP contribution in [-0.2, 0) is 6.42 Å². The van der Waals surface area contributed by atoms with Crippen LogP contribution in [0.25, 0.3) is 0 Å². The molecule has 0 atom stereocenters. The first-order chi connectivity index (χ1) is 6.33. The highest BCUT2D eigenvalue weighted by atomic mass is 16.5. The SMILES string of the molecule is COc1cccc2c1CCCN2C. The molecule has 0 aromatic heterocycles. The molecule has 0 radical (unpaired) electrons. The van der Waals surface area contributed by atoms with Crippen molar-refractivity contribution < 1.29 is 4.74 Å². The number of hydrogen-bond acceptors (Lipinski definition) is 2. The zero-order valence-corrected chi connectivity index (χ0v) is 8.21. The lowest BCUT2D eigenvalue weighted by Gasteiger charge is -2.28. The van der Waals surface area contributed by atoms with E-state index in [1.54, 1.807) is 7.11 Å². The number of anilines is 1. The van der Waals surface area contributed by atoms with Crippen LogP contribution in [0.15, 0.2) is 18.2 Å². The summed E-state index contributed by atoms with van der Waals surface area (Å²) in [5.41, 5.74) is 2.68. The van der Waals surface area contributed by atoms with Crippen molar-refractivity contribution in [2.24, 2.45) is 0 Å². The Morgan fingerprint density at radius 1 is 1.38 bits per heavy atom. The van der Waals surface area contributed by atoms with E-state index < -0.39 is 0 Å². The van der Waals surface area contributed by atoms with E-state index in [1.807, 2.05) is 6.07 Å². The van der Waals surface area contributed by atoms with Gasteiger partial charge in [0.25, 0.3) is 0 Å². The molecule has 1 aliphatic heterocycles. The van der Waals surface area contributed by atoms with Crippen LogP contribution >= 0.6 is 0 Å². The Kier molecular flexibility index (Phi) is 2.13. The third-order valence-electron chi connectivity index (χ3n) is 2.66. The van der Waals surface area contributed by atoms with E-state index in [2.05, 4.69) is 24.1 Å². The van der Waals surface area contributed by atoms with Gasteiger partial charge in [-0.1, -0.05) is 6.07 Å². The molecule has 0 N–H and O–H groups in total. The van der Waals surface area contributed by atoms with Gasteiger partial charge in [-0.05, 0) is 25.0 Å². The van der Waals surface area contributed by atoms with Gasteiger partial charge < -0.3 is 9.64 Å². The van der Waals surface area contributed by atoms with E-state index in [1.165, 1.54) is 17.7 Å². The maximum absolute atomic E-state index is 5.33. The first-order valence-corrected chi connectivity index (χ1v) is 4.70. The van der Waals surface area contributed by atoms with Gasteiger partial charge in [-0.3, -0.25) is 0 Å². The van der Waals surface area contributed by atoms with Crippen molar-refractivity contribution in [1.82, 2.24) is 0 Å². The van der Waals surface area contributed by atoms with Crippen LogP contribution in [0.5, 0.6) is 5.75 Å². The van der Waals surface area contributed by atoms with Crippen molar-refractivity contribution in [2.75, 3.05) is 25.6 Å². The van der Waals surface area contributed by atoms with Crippen molar-refractivity contribution >= 4 is 5.69 Å². The van der Waals surface area contributed by atoms with Crippen LogP contribution in [0.2, 0.25) is 0 Å². The van der Waals surface area contributed by atoms with Crippen molar-refractivity contribution in [3.8, 4) is 5.75 Å². The summed E-state index contributed by atoms with van der Waals surface area (Å²) < 4.78 is 5.33. The first kappa shape index (κ1) is 8.42. The molecular weight excluding hydrogens is 162 g/mol. The third-order valence-corrected chi connectivity index (χ3v) is 2.66. The van der Waals surface area contributed by atoms with Crippen LogP contribution in [0.4, 0.5) is 5.69 Å². The number of ether oxygens (including phenoxy) is 1. The van der Waals surface area contributed by atoms with Crippen molar-refractivity contribution in [1.29, 1.82) is 0 Å². The van der Waals surface area contributed by atoms with Gasteiger partial charge in [0.05, 0.1) is 7.11 Å². The van der Waals surface area contributed by atoms with Crippen LogP contribution in [-0.4, -0.2) is 20.7 Å².